The molecule has 202 valence electrons. The number of hydrogen-bond acceptors (Lipinski definition) is 2. The number of fused-ring (bicyclic) bond motifs is 10. The molecule has 5 aromatic carbocycles. The third kappa shape index (κ3) is 3.65. The highest BCUT2D eigenvalue weighted by Gasteiger charge is 2.35. The second-order valence-corrected chi connectivity index (χ2v) is 12.1. The van der Waals surface area contributed by atoms with Crippen LogP contribution >= 0.6 is 0 Å². The molecule has 2 aliphatic heterocycles. The molecule has 9 rings (SSSR count). The summed E-state index contributed by atoms with van der Waals surface area (Å²) in [6.45, 7) is 0.915. The Morgan fingerprint density at radius 1 is 0.690 bits per heavy atom. The lowest BCUT2D eigenvalue weighted by Crippen LogP contribution is -2.48. The zero-order valence-electron chi connectivity index (χ0n) is 23.6. The van der Waals surface area contributed by atoms with Crippen LogP contribution in [0.3, 0.4) is 0 Å². The molecule has 5 aromatic rings. The van der Waals surface area contributed by atoms with Crippen molar-refractivity contribution in [3.8, 4) is 11.1 Å². The Hall–Kier alpha value is -4.53. The number of dihydropyridines is 1. The fourth-order valence-corrected chi connectivity index (χ4v) is 7.84. The van der Waals surface area contributed by atoms with E-state index in [2.05, 4.69) is 127 Å². The number of hydrogen-bond donors (Lipinski definition) is 1. The van der Waals surface area contributed by atoms with Crippen LogP contribution in [0.5, 0.6) is 0 Å². The van der Waals surface area contributed by atoms with E-state index < -0.39 is 0 Å². The molecule has 0 radical (unpaired) electrons. The van der Waals surface area contributed by atoms with Gasteiger partial charge < -0.3 is 5.32 Å². The van der Waals surface area contributed by atoms with E-state index in [4.69, 9.17) is 4.99 Å². The molecular formula is C40H32N2. The van der Waals surface area contributed by atoms with Crippen LogP contribution in [-0.4, -0.2) is 24.3 Å². The lowest BCUT2D eigenvalue weighted by Gasteiger charge is -2.38. The molecule has 2 unspecified atom stereocenters. The summed E-state index contributed by atoms with van der Waals surface area (Å²) < 4.78 is 0. The van der Waals surface area contributed by atoms with Crippen molar-refractivity contribution in [3.05, 3.63) is 138 Å². The van der Waals surface area contributed by atoms with Gasteiger partial charge in [0, 0.05) is 18.0 Å². The van der Waals surface area contributed by atoms with Gasteiger partial charge in [-0.1, -0.05) is 109 Å². The number of aliphatic imine (C=N–C) groups is 1. The standard InChI is InChI=1S/C40H32N2/c1-5-13-33-29(9-1)28(20-21-36(33)38-22-18-26-16-15-25-8-7-23-41-39(25)40(26)42-38)27-17-19-35-32-12-3-2-10-30(32)31-11-4-6-14-34(31)37(35)24-27/h1-5,7-13,15,17-22,24,26,39-41H,6,14,16,23H2/t26?,39?,40-/m1/s1. The minimum Gasteiger partial charge on any atom is -0.305 e. The van der Waals surface area contributed by atoms with Crippen molar-refractivity contribution in [2.45, 2.75) is 31.3 Å². The fraction of sp³-hybridized carbons (Fsp3) is 0.175. The van der Waals surface area contributed by atoms with Gasteiger partial charge in [-0.2, -0.15) is 0 Å². The lowest BCUT2D eigenvalue weighted by molar-refractivity contribution is 0.387. The molecule has 2 aliphatic carbocycles. The van der Waals surface area contributed by atoms with E-state index in [1.54, 1.807) is 0 Å². The first-order valence-electron chi connectivity index (χ1n) is 15.4. The highest BCUT2D eigenvalue weighted by molar-refractivity contribution is 6.19. The first-order valence-corrected chi connectivity index (χ1v) is 15.4. The van der Waals surface area contributed by atoms with Crippen molar-refractivity contribution in [2.24, 2.45) is 10.9 Å². The molecule has 0 spiro atoms. The van der Waals surface area contributed by atoms with Crippen LogP contribution in [0.15, 0.2) is 126 Å². The summed E-state index contributed by atoms with van der Waals surface area (Å²) >= 11 is 0. The molecule has 0 amide bonds. The van der Waals surface area contributed by atoms with Crippen molar-refractivity contribution < 1.29 is 0 Å². The molecule has 1 N–H and O–H groups in total. The maximum Gasteiger partial charge on any atom is 0.0767 e. The van der Waals surface area contributed by atoms with Crippen LogP contribution in [0.1, 0.15) is 29.5 Å². The van der Waals surface area contributed by atoms with Gasteiger partial charge in [0.25, 0.3) is 0 Å². The van der Waals surface area contributed by atoms with Crippen LogP contribution in [0.2, 0.25) is 0 Å². The highest BCUT2D eigenvalue weighted by Crippen LogP contribution is 2.40. The zero-order valence-corrected chi connectivity index (χ0v) is 23.6. The number of rotatable bonds is 2. The molecule has 0 saturated carbocycles. The second-order valence-electron chi connectivity index (χ2n) is 12.1. The average molecular weight is 541 g/mol. The van der Waals surface area contributed by atoms with Crippen molar-refractivity contribution in [2.75, 3.05) is 6.54 Å². The highest BCUT2D eigenvalue weighted by atomic mass is 15.0. The quantitative estimate of drug-likeness (QED) is 0.222. The van der Waals surface area contributed by atoms with Crippen molar-refractivity contribution in [3.63, 3.8) is 0 Å². The topological polar surface area (TPSA) is 24.4 Å². The minimum absolute atomic E-state index is 0.240. The van der Waals surface area contributed by atoms with Gasteiger partial charge in [0.15, 0.2) is 0 Å². The van der Waals surface area contributed by atoms with Crippen LogP contribution in [0, 0.1) is 5.92 Å². The maximum absolute atomic E-state index is 5.42. The minimum atomic E-state index is 0.240. The van der Waals surface area contributed by atoms with Gasteiger partial charge in [0.1, 0.15) is 0 Å². The van der Waals surface area contributed by atoms with Gasteiger partial charge in [0.05, 0.1) is 17.8 Å². The SMILES string of the molecule is C1=Cc2c(c3cc(-c4ccc(C5=N[C@@H]6C(C=C5)CC=C5C=CCNC56)c5ccccc45)ccc3c3ccccc23)CC1. The molecule has 3 atom stereocenters. The van der Waals surface area contributed by atoms with Gasteiger partial charge in [-0.25, -0.2) is 0 Å². The van der Waals surface area contributed by atoms with E-state index in [1.165, 1.54) is 65.7 Å². The van der Waals surface area contributed by atoms with Crippen molar-refractivity contribution in [1.82, 2.24) is 5.32 Å². The van der Waals surface area contributed by atoms with Gasteiger partial charge in [-0.3, -0.25) is 4.99 Å². The Kier molecular flexibility index (Phi) is 5.46. The average Bonchev–Trinajstić information content (AvgIpc) is 3.07. The van der Waals surface area contributed by atoms with E-state index in [0.717, 1.165) is 31.5 Å². The Balaban J connectivity index is 1.19. The van der Waals surface area contributed by atoms with Gasteiger partial charge in [-0.15, -0.1) is 0 Å². The number of nitrogens with one attached hydrogen (secondary N) is 1. The first-order chi connectivity index (χ1) is 20.8. The number of allylic oxidation sites excluding steroid dienone is 3. The Labute approximate surface area is 246 Å². The summed E-state index contributed by atoms with van der Waals surface area (Å²) in [5.41, 5.74) is 9.15. The summed E-state index contributed by atoms with van der Waals surface area (Å²) in [5.74, 6) is 0.460. The Morgan fingerprint density at radius 2 is 1.48 bits per heavy atom. The molecule has 2 nitrogen and oxygen atoms in total. The number of aryl methyl sites for hydroxylation is 1. The predicted molar refractivity (Wildman–Crippen MR) is 178 cm³/mol. The molecule has 2 heterocycles. The van der Waals surface area contributed by atoms with Gasteiger partial charge in [0.2, 0.25) is 0 Å². The second kappa shape index (κ2) is 9.51. The third-order valence-corrected chi connectivity index (χ3v) is 9.85. The maximum atomic E-state index is 5.42. The van der Waals surface area contributed by atoms with Gasteiger partial charge >= 0.3 is 0 Å². The lowest BCUT2D eigenvalue weighted by atomic mass is 9.78. The van der Waals surface area contributed by atoms with E-state index in [1.807, 2.05) is 0 Å². The molecular weight excluding hydrogens is 508 g/mol. The van der Waals surface area contributed by atoms with Crippen LogP contribution in [0.25, 0.3) is 49.5 Å². The Morgan fingerprint density at radius 3 is 2.38 bits per heavy atom. The summed E-state index contributed by atoms with van der Waals surface area (Å²) in [5, 5.41) is 11.7. The Bertz CT molecular complexity index is 2090. The van der Waals surface area contributed by atoms with E-state index in [0.29, 0.717) is 12.0 Å². The van der Waals surface area contributed by atoms with Crippen molar-refractivity contribution in [1.29, 1.82) is 0 Å². The first kappa shape index (κ1) is 24.1. The number of benzene rings is 5. The molecule has 2 heteroatoms. The largest absolute Gasteiger partial charge is 0.305 e. The monoisotopic (exact) mass is 540 g/mol. The predicted octanol–water partition coefficient (Wildman–Crippen LogP) is 8.97. The summed E-state index contributed by atoms with van der Waals surface area (Å²) in [6.07, 6.45) is 19.5. The van der Waals surface area contributed by atoms with Crippen LogP contribution < -0.4 is 5.32 Å². The molecule has 0 bridgehead atoms. The molecule has 0 fully saturated rings. The van der Waals surface area contributed by atoms with Crippen LogP contribution in [0.4, 0.5) is 0 Å². The summed E-state index contributed by atoms with van der Waals surface area (Å²) in [4.78, 5) is 5.42. The smallest absolute Gasteiger partial charge is 0.0767 e. The number of nitrogens with zero attached hydrogens (tertiary/aromatic N) is 1. The third-order valence-electron chi connectivity index (χ3n) is 9.85. The molecule has 0 saturated heterocycles. The fourth-order valence-electron chi connectivity index (χ4n) is 7.84. The molecule has 4 aliphatic rings. The zero-order chi connectivity index (χ0) is 27.6. The van der Waals surface area contributed by atoms with Crippen molar-refractivity contribution >= 4 is 44.1 Å². The summed E-state index contributed by atoms with van der Waals surface area (Å²) in [7, 11) is 0. The van der Waals surface area contributed by atoms with E-state index >= 15 is 0 Å². The van der Waals surface area contributed by atoms with Gasteiger partial charge in [-0.05, 0) is 91.5 Å². The normalized spacial score (nSPS) is 22.5. The van der Waals surface area contributed by atoms with E-state index in [9.17, 15) is 0 Å². The van der Waals surface area contributed by atoms with Crippen LogP contribution in [-0.2, 0) is 6.42 Å². The molecule has 42 heavy (non-hydrogen) atoms. The summed E-state index contributed by atoms with van der Waals surface area (Å²) in [6, 6.07) is 30.0. The van der Waals surface area contributed by atoms with E-state index in [-0.39, 0.29) is 6.04 Å². The molecule has 0 aromatic heterocycles.